The number of nitrogens with one attached hydrogen (secondary N) is 1. The molecular weight excluding hydrogens is 387 g/mol. The fourth-order valence-corrected chi connectivity index (χ4v) is 2.43. The van der Waals surface area contributed by atoms with Crippen LogP contribution in [-0.2, 0) is 4.79 Å². The number of anilines is 1. The monoisotopic (exact) mass is 394 g/mol. The minimum atomic E-state index is -0.569. The van der Waals surface area contributed by atoms with E-state index in [4.69, 9.17) is 23.2 Å². The van der Waals surface area contributed by atoms with E-state index in [1.807, 2.05) is 18.2 Å². The van der Waals surface area contributed by atoms with Crippen LogP contribution in [0.2, 0.25) is 10.0 Å². The van der Waals surface area contributed by atoms with E-state index < -0.39 is 5.91 Å². The zero-order chi connectivity index (χ0) is 16.1. The van der Waals surface area contributed by atoms with Crippen molar-refractivity contribution in [1.82, 2.24) is 0 Å². The minimum absolute atomic E-state index is 0.0432. The molecule has 0 heterocycles. The summed E-state index contributed by atoms with van der Waals surface area (Å²) in [5.74, 6) is -0.569. The summed E-state index contributed by atoms with van der Waals surface area (Å²) in [6.45, 7) is 0. The molecule has 0 atom stereocenters. The SMILES string of the molecule is N#C/C(=C\c1ccc(Br)cc1)C(=O)Nc1c(Cl)cccc1Cl. The van der Waals surface area contributed by atoms with Gasteiger partial charge in [0.15, 0.2) is 0 Å². The highest BCUT2D eigenvalue weighted by molar-refractivity contribution is 9.10. The van der Waals surface area contributed by atoms with Crippen molar-refractivity contribution in [3.8, 4) is 6.07 Å². The molecule has 0 spiro atoms. The zero-order valence-corrected chi connectivity index (χ0v) is 14.2. The molecule has 6 heteroatoms. The van der Waals surface area contributed by atoms with Gasteiger partial charge in [-0.15, -0.1) is 0 Å². The fraction of sp³-hybridized carbons (Fsp3) is 0. The van der Waals surface area contributed by atoms with Crippen LogP contribution in [0.5, 0.6) is 0 Å². The van der Waals surface area contributed by atoms with Gasteiger partial charge in [0.1, 0.15) is 11.6 Å². The normalized spacial score (nSPS) is 10.9. The summed E-state index contributed by atoms with van der Waals surface area (Å²) < 4.78 is 0.912. The third kappa shape index (κ3) is 4.11. The Balaban J connectivity index is 2.26. The van der Waals surface area contributed by atoms with Crippen LogP contribution < -0.4 is 5.32 Å². The van der Waals surface area contributed by atoms with Gasteiger partial charge in [0, 0.05) is 4.47 Å². The molecule has 0 aromatic heterocycles. The van der Waals surface area contributed by atoms with Crippen molar-refractivity contribution >= 4 is 56.8 Å². The number of rotatable bonds is 3. The summed E-state index contributed by atoms with van der Waals surface area (Å²) >= 11 is 15.3. The third-order valence-corrected chi connectivity index (χ3v) is 3.91. The first-order valence-electron chi connectivity index (χ1n) is 6.14. The fourth-order valence-electron chi connectivity index (χ4n) is 1.67. The van der Waals surface area contributed by atoms with Crippen molar-refractivity contribution in [2.45, 2.75) is 0 Å². The van der Waals surface area contributed by atoms with Crippen LogP contribution in [0.15, 0.2) is 52.5 Å². The lowest BCUT2D eigenvalue weighted by Gasteiger charge is -2.08. The average Bonchev–Trinajstić information content (AvgIpc) is 2.50. The Bertz CT molecular complexity index is 759. The molecule has 2 aromatic rings. The molecule has 0 aliphatic heterocycles. The molecule has 0 radical (unpaired) electrons. The van der Waals surface area contributed by atoms with Gasteiger partial charge in [0.25, 0.3) is 5.91 Å². The van der Waals surface area contributed by atoms with Gasteiger partial charge in [-0.05, 0) is 35.9 Å². The Kier molecular flexibility index (Phi) is 5.62. The molecule has 2 aromatic carbocycles. The molecule has 3 nitrogen and oxygen atoms in total. The topological polar surface area (TPSA) is 52.9 Å². The second-order valence-electron chi connectivity index (χ2n) is 4.27. The molecule has 22 heavy (non-hydrogen) atoms. The first-order valence-corrected chi connectivity index (χ1v) is 7.69. The first-order chi connectivity index (χ1) is 10.5. The summed E-state index contributed by atoms with van der Waals surface area (Å²) in [6, 6.07) is 14.0. The maximum absolute atomic E-state index is 12.2. The summed E-state index contributed by atoms with van der Waals surface area (Å²) in [6.07, 6.45) is 1.49. The van der Waals surface area contributed by atoms with Gasteiger partial charge >= 0.3 is 0 Å². The van der Waals surface area contributed by atoms with E-state index in [-0.39, 0.29) is 11.3 Å². The Labute approximate surface area is 146 Å². The van der Waals surface area contributed by atoms with Crippen LogP contribution in [0.3, 0.4) is 0 Å². The Morgan fingerprint density at radius 1 is 1.14 bits per heavy atom. The number of hydrogen-bond acceptors (Lipinski definition) is 2. The molecule has 2 rings (SSSR count). The van der Waals surface area contributed by atoms with E-state index in [0.29, 0.717) is 10.0 Å². The van der Waals surface area contributed by atoms with Crippen LogP contribution in [0.4, 0.5) is 5.69 Å². The van der Waals surface area contributed by atoms with E-state index >= 15 is 0 Å². The number of amides is 1. The Morgan fingerprint density at radius 2 is 1.73 bits per heavy atom. The molecule has 1 amide bonds. The summed E-state index contributed by atoms with van der Waals surface area (Å²) in [5.41, 5.74) is 0.978. The molecule has 1 N–H and O–H groups in total. The highest BCUT2D eigenvalue weighted by atomic mass is 79.9. The van der Waals surface area contributed by atoms with Crippen LogP contribution in [0, 0.1) is 11.3 Å². The molecule has 0 unspecified atom stereocenters. The van der Waals surface area contributed by atoms with Gasteiger partial charge in [-0.1, -0.05) is 57.3 Å². The molecule has 110 valence electrons. The molecule has 0 fully saturated rings. The number of halogens is 3. The lowest BCUT2D eigenvalue weighted by Crippen LogP contribution is -2.14. The number of benzene rings is 2. The van der Waals surface area contributed by atoms with Crippen molar-refractivity contribution in [2.24, 2.45) is 0 Å². The maximum Gasteiger partial charge on any atom is 0.266 e. The van der Waals surface area contributed by atoms with Crippen molar-refractivity contribution in [1.29, 1.82) is 5.26 Å². The van der Waals surface area contributed by atoms with Gasteiger partial charge in [-0.25, -0.2) is 0 Å². The third-order valence-electron chi connectivity index (χ3n) is 2.75. The Morgan fingerprint density at radius 3 is 2.27 bits per heavy atom. The van der Waals surface area contributed by atoms with Gasteiger partial charge in [-0.3, -0.25) is 4.79 Å². The molecular formula is C16H9BrCl2N2O. The summed E-state index contributed by atoms with van der Waals surface area (Å²) in [7, 11) is 0. The van der Waals surface area contributed by atoms with Crippen LogP contribution in [0.25, 0.3) is 6.08 Å². The highest BCUT2D eigenvalue weighted by Crippen LogP contribution is 2.30. The molecule has 0 saturated heterocycles. The standard InChI is InChI=1S/C16H9BrCl2N2O/c17-12-6-4-10(5-7-12)8-11(9-20)16(22)21-15-13(18)2-1-3-14(15)19/h1-8H,(H,21,22)/b11-8+. The smallest absolute Gasteiger partial charge is 0.266 e. The summed E-state index contributed by atoms with van der Waals surface area (Å²) in [5, 5.41) is 12.3. The largest absolute Gasteiger partial charge is 0.319 e. The van der Waals surface area contributed by atoms with Gasteiger partial charge < -0.3 is 5.32 Å². The predicted molar refractivity (Wildman–Crippen MR) is 92.8 cm³/mol. The predicted octanol–water partition coefficient (Wildman–Crippen LogP) is 5.30. The van der Waals surface area contributed by atoms with E-state index in [9.17, 15) is 10.1 Å². The summed E-state index contributed by atoms with van der Waals surface area (Å²) in [4.78, 5) is 12.2. The van der Waals surface area contributed by atoms with Gasteiger partial charge in [0.05, 0.1) is 15.7 Å². The first kappa shape index (κ1) is 16.6. The lowest BCUT2D eigenvalue weighted by molar-refractivity contribution is -0.112. The zero-order valence-electron chi connectivity index (χ0n) is 11.1. The number of carbonyl (C=O) groups excluding carboxylic acids is 1. The van der Waals surface area contributed by atoms with E-state index in [0.717, 1.165) is 10.0 Å². The van der Waals surface area contributed by atoms with Crippen molar-refractivity contribution in [2.75, 3.05) is 5.32 Å². The maximum atomic E-state index is 12.2. The van der Waals surface area contributed by atoms with E-state index in [2.05, 4.69) is 21.2 Å². The lowest BCUT2D eigenvalue weighted by atomic mass is 10.1. The number of nitriles is 1. The van der Waals surface area contributed by atoms with Crippen LogP contribution in [0.1, 0.15) is 5.56 Å². The van der Waals surface area contributed by atoms with Crippen LogP contribution >= 0.6 is 39.1 Å². The van der Waals surface area contributed by atoms with E-state index in [1.54, 1.807) is 30.3 Å². The molecule has 0 aliphatic rings. The second kappa shape index (κ2) is 7.46. The minimum Gasteiger partial charge on any atom is -0.319 e. The Hall–Kier alpha value is -1.80. The van der Waals surface area contributed by atoms with Crippen molar-refractivity contribution in [3.05, 3.63) is 68.1 Å². The molecule has 0 bridgehead atoms. The van der Waals surface area contributed by atoms with E-state index in [1.165, 1.54) is 6.08 Å². The molecule has 0 saturated carbocycles. The van der Waals surface area contributed by atoms with Gasteiger partial charge in [-0.2, -0.15) is 5.26 Å². The number of carbonyl (C=O) groups is 1. The van der Waals surface area contributed by atoms with Crippen LogP contribution in [-0.4, -0.2) is 5.91 Å². The quantitative estimate of drug-likeness (QED) is 0.566. The molecule has 0 aliphatic carbocycles. The van der Waals surface area contributed by atoms with Crippen molar-refractivity contribution < 1.29 is 4.79 Å². The van der Waals surface area contributed by atoms with Crippen molar-refractivity contribution in [3.63, 3.8) is 0 Å². The van der Waals surface area contributed by atoms with Gasteiger partial charge in [0.2, 0.25) is 0 Å². The number of hydrogen-bond donors (Lipinski definition) is 1. The number of nitrogens with zero attached hydrogens (tertiary/aromatic N) is 1. The number of para-hydroxylation sites is 1. The highest BCUT2D eigenvalue weighted by Gasteiger charge is 2.13. The average molecular weight is 396 g/mol. The second-order valence-corrected chi connectivity index (χ2v) is 6.00.